The largest absolute Gasteiger partial charge is 0.389 e. The first-order valence-corrected chi connectivity index (χ1v) is 6.05. The predicted molar refractivity (Wildman–Crippen MR) is 67.2 cm³/mol. The molecule has 0 aromatic heterocycles. The van der Waals surface area contributed by atoms with Gasteiger partial charge < -0.3 is 10.0 Å². The molecule has 3 nitrogen and oxygen atoms in total. The van der Waals surface area contributed by atoms with E-state index in [1.165, 1.54) is 0 Å². The van der Waals surface area contributed by atoms with Gasteiger partial charge in [-0.1, -0.05) is 20.8 Å². The summed E-state index contributed by atoms with van der Waals surface area (Å²) in [6.45, 7) is 12.9. The van der Waals surface area contributed by atoms with Crippen LogP contribution in [0.4, 0.5) is 0 Å². The standard InChI is InChI=1S/C13H27NO2/c1-7-14(10-13(5,6)16)11(15)8-9-12(2,3)4/h16H,7-10H2,1-6H3. The maximum Gasteiger partial charge on any atom is 0.222 e. The zero-order valence-corrected chi connectivity index (χ0v) is 11.6. The minimum absolute atomic E-state index is 0.138. The van der Waals surface area contributed by atoms with Gasteiger partial charge in [-0.05, 0) is 32.6 Å². The Morgan fingerprint density at radius 1 is 1.19 bits per heavy atom. The fourth-order valence-electron chi connectivity index (χ4n) is 1.48. The lowest BCUT2D eigenvalue weighted by Gasteiger charge is -2.29. The predicted octanol–water partition coefficient (Wildman–Crippen LogP) is 2.43. The maximum absolute atomic E-state index is 11.9. The Morgan fingerprint density at radius 3 is 2.00 bits per heavy atom. The topological polar surface area (TPSA) is 40.5 Å². The Labute approximate surface area is 99.8 Å². The monoisotopic (exact) mass is 229 g/mol. The van der Waals surface area contributed by atoms with Crippen LogP contribution in [-0.2, 0) is 4.79 Å². The summed E-state index contributed by atoms with van der Waals surface area (Å²) in [5.41, 5.74) is -0.628. The number of carbonyl (C=O) groups is 1. The van der Waals surface area contributed by atoms with Crippen LogP contribution in [0, 0.1) is 5.41 Å². The third kappa shape index (κ3) is 7.69. The highest BCUT2D eigenvalue weighted by atomic mass is 16.3. The van der Waals surface area contributed by atoms with Gasteiger partial charge in [0.1, 0.15) is 0 Å². The van der Waals surface area contributed by atoms with Crippen molar-refractivity contribution in [2.75, 3.05) is 13.1 Å². The molecule has 0 radical (unpaired) electrons. The summed E-state index contributed by atoms with van der Waals surface area (Å²) < 4.78 is 0. The third-order valence-corrected chi connectivity index (χ3v) is 2.40. The number of nitrogens with zero attached hydrogens (tertiary/aromatic N) is 1. The molecular weight excluding hydrogens is 202 g/mol. The Balaban J connectivity index is 4.22. The fraction of sp³-hybridized carbons (Fsp3) is 0.923. The molecular formula is C13H27NO2. The Hall–Kier alpha value is -0.570. The molecule has 0 spiro atoms. The zero-order chi connectivity index (χ0) is 13.0. The lowest BCUT2D eigenvalue weighted by molar-refractivity contribution is -0.134. The minimum atomic E-state index is -0.812. The van der Waals surface area contributed by atoms with Crippen molar-refractivity contribution in [3.8, 4) is 0 Å². The average Bonchev–Trinajstić information content (AvgIpc) is 2.07. The van der Waals surface area contributed by atoms with Crippen LogP contribution in [0.2, 0.25) is 0 Å². The molecule has 0 atom stereocenters. The van der Waals surface area contributed by atoms with E-state index in [9.17, 15) is 9.90 Å². The van der Waals surface area contributed by atoms with E-state index in [1.54, 1.807) is 18.7 Å². The molecule has 0 aliphatic carbocycles. The fourth-order valence-corrected chi connectivity index (χ4v) is 1.48. The number of aliphatic hydroxyl groups is 1. The highest BCUT2D eigenvalue weighted by molar-refractivity contribution is 5.76. The van der Waals surface area contributed by atoms with Crippen molar-refractivity contribution in [2.45, 2.75) is 60.0 Å². The van der Waals surface area contributed by atoms with Crippen LogP contribution in [0.5, 0.6) is 0 Å². The lowest BCUT2D eigenvalue weighted by atomic mass is 9.90. The molecule has 0 aliphatic rings. The summed E-state index contributed by atoms with van der Waals surface area (Å²) >= 11 is 0. The van der Waals surface area contributed by atoms with E-state index in [1.807, 2.05) is 6.92 Å². The molecule has 0 aromatic rings. The van der Waals surface area contributed by atoms with Crippen LogP contribution in [0.25, 0.3) is 0 Å². The van der Waals surface area contributed by atoms with Crippen LogP contribution in [0.1, 0.15) is 54.4 Å². The molecule has 16 heavy (non-hydrogen) atoms. The lowest BCUT2D eigenvalue weighted by Crippen LogP contribution is -2.42. The second kappa shape index (κ2) is 5.67. The van der Waals surface area contributed by atoms with Crippen molar-refractivity contribution >= 4 is 5.91 Å². The number of likely N-dealkylation sites (N-methyl/N-ethyl adjacent to an activating group) is 1. The van der Waals surface area contributed by atoms with Crippen molar-refractivity contribution in [2.24, 2.45) is 5.41 Å². The van der Waals surface area contributed by atoms with E-state index in [2.05, 4.69) is 20.8 Å². The summed E-state index contributed by atoms with van der Waals surface area (Å²) in [4.78, 5) is 13.6. The summed E-state index contributed by atoms with van der Waals surface area (Å²) in [5.74, 6) is 0.138. The van der Waals surface area contributed by atoms with Gasteiger partial charge in [-0.2, -0.15) is 0 Å². The molecule has 0 saturated heterocycles. The highest BCUT2D eigenvalue weighted by Crippen LogP contribution is 2.21. The first-order valence-electron chi connectivity index (χ1n) is 6.05. The molecule has 0 bridgehead atoms. The molecule has 3 heteroatoms. The first-order chi connectivity index (χ1) is 7.05. The van der Waals surface area contributed by atoms with Crippen LogP contribution < -0.4 is 0 Å². The molecule has 0 saturated carbocycles. The van der Waals surface area contributed by atoms with Crippen LogP contribution in [-0.4, -0.2) is 34.6 Å². The van der Waals surface area contributed by atoms with Crippen molar-refractivity contribution in [1.82, 2.24) is 4.90 Å². The van der Waals surface area contributed by atoms with E-state index in [0.29, 0.717) is 19.5 Å². The molecule has 1 amide bonds. The van der Waals surface area contributed by atoms with Crippen LogP contribution in [0.15, 0.2) is 0 Å². The number of hydrogen-bond acceptors (Lipinski definition) is 2. The molecule has 0 rings (SSSR count). The van der Waals surface area contributed by atoms with Gasteiger partial charge in [0.15, 0.2) is 0 Å². The number of carbonyl (C=O) groups excluding carboxylic acids is 1. The second-order valence-corrected chi connectivity index (χ2v) is 6.28. The van der Waals surface area contributed by atoms with E-state index >= 15 is 0 Å². The van der Waals surface area contributed by atoms with E-state index in [4.69, 9.17) is 0 Å². The van der Waals surface area contributed by atoms with Crippen LogP contribution >= 0.6 is 0 Å². The summed E-state index contributed by atoms with van der Waals surface area (Å²) in [5, 5.41) is 9.70. The maximum atomic E-state index is 11.9. The number of hydrogen-bond donors (Lipinski definition) is 1. The molecule has 0 heterocycles. The SMILES string of the molecule is CCN(CC(C)(C)O)C(=O)CCC(C)(C)C. The smallest absolute Gasteiger partial charge is 0.222 e. The van der Waals surface area contributed by atoms with Crippen molar-refractivity contribution in [1.29, 1.82) is 0 Å². The van der Waals surface area contributed by atoms with E-state index in [-0.39, 0.29) is 11.3 Å². The summed E-state index contributed by atoms with van der Waals surface area (Å²) in [6.07, 6.45) is 1.45. The molecule has 1 N–H and O–H groups in total. The van der Waals surface area contributed by atoms with Gasteiger partial charge in [-0.3, -0.25) is 4.79 Å². The average molecular weight is 229 g/mol. The molecule has 0 aromatic carbocycles. The van der Waals surface area contributed by atoms with Gasteiger partial charge in [-0.15, -0.1) is 0 Å². The van der Waals surface area contributed by atoms with Crippen molar-refractivity contribution in [3.63, 3.8) is 0 Å². The zero-order valence-electron chi connectivity index (χ0n) is 11.6. The van der Waals surface area contributed by atoms with Crippen molar-refractivity contribution < 1.29 is 9.90 Å². The molecule has 0 fully saturated rings. The number of rotatable bonds is 5. The van der Waals surface area contributed by atoms with Gasteiger partial charge in [0, 0.05) is 19.5 Å². The van der Waals surface area contributed by atoms with Gasteiger partial charge in [0.2, 0.25) is 5.91 Å². The van der Waals surface area contributed by atoms with Gasteiger partial charge in [0.25, 0.3) is 0 Å². The molecule has 0 unspecified atom stereocenters. The normalized spacial score (nSPS) is 12.7. The second-order valence-electron chi connectivity index (χ2n) is 6.28. The minimum Gasteiger partial charge on any atom is -0.389 e. The summed E-state index contributed by atoms with van der Waals surface area (Å²) in [6, 6.07) is 0. The third-order valence-electron chi connectivity index (χ3n) is 2.40. The van der Waals surface area contributed by atoms with Gasteiger partial charge >= 0.3 is 0 Å². The van der Waals surface area contributed by atoms with Gasteiger partial charge in [-0.25, -0.2) is 0 Å². The Morgan fingerprint density at radius 2 is 1.69 bits per heavy atom. The molecule has 96 valence electrons. The number of amides is 1. The van der Waals surface area contributed by atoms with Crippen LogP contribution in [0.3, 0.4) is 0 Å². The Kier molecular flexibility index (Phi) is 5.47. The Bertz CT molecular complexity index is 223. The first kappa shape index (κ1) is 15.4. The van der Waals surface area contributed by atoms with E-state index in [0.717, 1.165) is 6.42 Å². The van der Waals surface area contributed by atoms with Crippen molar-refractivity contribution in [3.05, 3.63) is 0 Å². The summed E-state index contributed by atoms with van der Waals surface area (Å²) in [7, 11) is 0. The highest BCUT2D eigenvalue weighted by Gasteiger charge is 2.22. The molecule has 0 aliphatic heterocycles. The van der Waals surface area contributed by atoms with E-state index < -0.39 is 5.60 Å². The van der Waals surface area contributed by atoms with Gasteiger partial charge in [0.05, 0.1) is 5.60 Å². The quantitative estimate of drug-likeness (QED) is 0.786.